The summed E-state index contributed by atoms with van der Waals surface area (Å²) in [5.41, 5.74) is -0.283. The van der Waals surface area contributed by atoms with Gasteiger partial charge in [-0.05, 0) is 48.3 Å². The van der Waals surface area contributed by atoms with Gasteiger partial charge in [0, 0.05) is 22.7 Å². The van der Waals surface area contributed by atoms with E-state index in [0.717, 1.165) is 25.7 Å². The van der Waals surface area contributed by atoms with Gasteiger partial charge in [0.25, 0.3) is 0 Å². The SMILES string of the molecule is CC1(C)[C@@H]2CC[C@@]1(C)C(=O)[C@@H]2[C@H]1C(=O)[C@]2(C)CC[C@H]1C2(C)C. The molecule has 0 spiro atoms. The average Bonchev–Trinajstić information content (AvgIpc) is 2.90. The molecule has 0 amide bonds. The standard InChI is InChI=1S/C20H30O2/c1-17(2)11-7-9-19(17,5)15(21)13(11)14-12-8-10-20(6,16(14)22)18(12,3)4/h11-14H,7-10H2,1-6H3/t11-,12-,13+,14+,19+,20+/m1/s1. The fraction of sp³-hybridized carbons (Fsp3) is 0.900. The number of Topliss-reactive ketones (excluding diaryl/α,β-unsaturated/α-hetero) is 2. The van der Waals surface area contributed by atoms with Gasteiger partial charge in [0.15, 0.2) is 0 Å². The van der Waals surface area contributed by atoms with Crippen LogP contribution in [0.4, 0.5) is 0 Å². The van der Waals surface area contributed by atoms with Crippen LogP contribution in [0, 0.1) is 45.3 Å². The highest BCUT2D eigenvalue weighted by molar-refractivity contribution is 6.00. The first kappa shape index (κ1) is 14.9. The first-order chi connectivity index (χ1) is 10.00. The van der Waals surface area contributed by atoms with Crippen LogP contribution in [0.3, 0.4) is 0 Å². The molecule has 4 bridgehead atoms. The normalized spacial score (nSPS) is 54.5. The highest BCUT2D eigenvalue weighted by atomic mass is 16.1. The highest BCUT2D eigenvalue weighted by Gasteiger charge is 2.74. The Bertz CT molecular complexity index is 535. The van der Waals surface area contributed by atoms with Crippen molar-refractivity contribution in [1.29, 1.82) is 0 Å². The molecule has 6 atom stereocenters. The summed E-state index contributed by atoms with van der Waals surface area (Å²) >= 11 is 0. The van der Waals surface area contributed by atoms with Crippen LogP contribution in [0.25, 0.3) is 0 Å². The van der Waals surface area contributed by atoms with Crippen molar-refractivity contribution in [3.05, 3.63) is 0 Å². The molecule has 0 aromatic carbocycles. The molecule has 0 saturated heterocycles. The molecule has 2 heteroatoms. The molecule has 0 unspecified atom stereocenters. The fourth-order valence-corrected chi connectivity index (χ4v) is 7.14. The zero-order chi connectivity index (χ0) is 16.3. The van der Waals surface area contributed by atoms with Crippen molar-refractivity contribution in [2.45, 2.75) is 67.2 Å². The van der Waals surface area contributed by atoms with Crippen molar-refractivity contribution in [3.8, 4) is 0 Å². The Kier molecular flexibility index (Phi) is 2.51. The van der Waals surface area contributed by atoms with Crippen LogP contribution < -0.4 is 0 Å². The van der Waals surface area contributed by atoms with E-state index in [1.165, 1.54) is 0 Å². The van der Waals surface area contributed by atoms with E-state index >= 15 is 0 Å². The molecule has 4 saturated carbocycles. The molecule has 22 heavy (non-hydrogen) atoms. The third kappa shape index (κ3) is 1.21. The first-order valence-corrected chi connectivity index (χ1v) is 9.09. The van der Waals surface area contributed by atoms with Crippen LogP contribution in [-0.4, -0.2) is 11.6 Å². The molecule has 0 aromatic heterocycles. The lowest BCUT2D eigenvalue weighted by Crippen LogP contribution is -2.41. The van der Waals surface area contributed by atoms with E-state index in [1.54, 1.807) is 0 Å². The largest absolute Gasteiger partial charge is 0.299 e. The predicted octanol–water partition coefficient (Wildman–Crippen LogP) is 4.27. The van der Waals surface area contributed by atoms with Gasteiger partial charge in [-0.2, -0.15) is 0 Å². The van der Waals surface area contributed by atoms with Crippen molar-refractivity contribution in [2.24, 2.45) is 45.3 Å². The van der Waals surface area contributed by atoms with Gasteiger partial charge in [0.1, 0.15) is 11.6 Å². The summed E-state index contributed by atoms with van der Waals surface area (Å²) in [5.74, 6) is 1.67. The van der Waals surface area contributed by atoms with Crippen molar-refractivity contribution in [1.82, 2.24) is 0 Å². The Hall–Kier alpha value is -0.660. The van der Waals surface area contributed by atoms with Gasteiger partial charge < -0.3 is 0 Å². The number of carbonyl (C=O) groups is 2. The zero-order valence-corrected chi connectivity index (χ0v) is 15.0. The third-order valence-corrected chi connectivity index (χ3v) is 9.56. The molecule has 0 aromatic rings. The maximum absolute atomic E-state index is 13.3. The second-order valence-electron chi connectivity index (χ2n) is 10.2. The molecule has 0 N–H and O–H groups in total. The summed E-state index contributed by atoms with van der Waals surface area (Å²) < 4.78 is 0. The first-order valence-electron chi connectivity index (χ1n) is 9.09. The molecule has 0 radical (unpaired) electrons. The summed E-state index contributed by atoms with van der Waals surface area (Å²) in [6.45, 7) is 13.4. The van der Waals surface area contributed by atoms with E-state index in [9.17, 15) is 9.59 Å². The maximum Gasteiger partial charge on any atom is 0.143 e. The van der Waals surface area contributed by atoms with E-state index < -0.39 is 0 Å². The van der Waals surface area contributed by atoms with Crippen molar-refractivity contribution in [2.75, 3.05) is 0 Å². The zero-order valence-electron chi connectivity index (χ0n) is 15.0. The van der Waals surface area contributed by atoms with Crippen molar-refractivity contribution >= 4 is 11.6 Å². The van der Waals surface area contributed by atoms with Crippen LogP contribution in [-0.2, 0) is 9.59 Å². The molecule has 4 aliphatic rings. The number of carbonyl (C=O) groups excluding carboxylic acids is 2. The van der Waals surface area contributed by atoms with Gasteiger partial charge in [0.2, 0.25) is 0 Å². The average molecular weight is 302 g/mol. The van der Waals surface area contributed by atoms with Gasteiger partial charge >= 0.3 is 0 Å². The predicted molar refractivity (Wildman–Crippen MR) is 86.2 cm³/mol. The Labute approximate surface area is 134 Å². The number of ketones is 2. The summed E-state index contributed by atoms with van der Waals surface area (Å²) in [6.07, 6.45) is 4.31. The monoisotopic (exact) mass is 302 g/mol. The lowest BCUT2D eigenvalue weighted by molar-refractivity contribution is -0.141. The number of rotatable bonds is 1. The van der Waals surface area contributed by atoms with E-state index in [-0.39, 0.29) is 33.5 Å². The number of hydrogen-bond donors (Lipinski definition) is 0. The van der Waals surface area contributed by atoms with Gasteiger partial charge in [-0.25, -0.2) is 0 Å². The summed E-state index contributed by atoms with van der Waals surface area (Å²) in [7, 11) is 0. The summed E-state index contributed by atoms with van der Waals surface area (Å²) in [5, 5.41) is 0. The Morgan fingerprint density at radius 2 is 1.00 bits per heavy atom. The van der Waals surface area contributed by atoms with E-state index in [2.05, 4.69) is 41.5 Å². The van der Waals surface area contributed by atoms with Gasteiger partial charge in [0.05, 0.1) is 0 Å². The molecule has 122 valence electrons. The Morgan fingerprint density at radius 1 is 0.682 bits per heavy atom. The van der Waals surface area contributed by atoms with Crippen LogP contribution in [0.2, 0.25) is 0 Å². The number of fused-ring (bicyclic) bond motifs is 4. The van der Waals surface area contributed by atoms with Gasteiger partial charge in [-0.15, -0.1) is 0 Å². The van der Waals surface area contributed by atoms with E-state index in [0.29, 0.717) is 23.4 Å². The number of hydrogen-bond acceptors (Lipinski definition) is 2. The van der Waals surface area contributed by atoms with Crippen molar-refractivity contribution < 1.29 is 9.59 Å². The van der Waals surface area contributed by atoms with Crippen LogP contribution >= 0.6 is 0 Å². The van der Waals surface area contributed by atoms with Crippen LogP contribution in [0.15, 0.2) is 0 Å². The molecule has 0 heterocycles. The van der Waals surface area contributed by atoms with Gasteiger partial charge in [-0.1, -0.05) is 41.5 Å². The van der Waals surface area contributed by atoms with E-state index in [1.807, 2.05) is 0 Å². The third-order valence-electron chi connectivity index (χ3n) is 9.56. The smallest absolute Gasteiger partial charge is 0.143 e. The van der Waals surface area contributed by atoms with Crippen molar-refractivity contribution in [3.63, 3.8) is 0 Å². The Morgan fingerprint density at radius 3 is 1.23 bits per heavy atom. The molecular weight excluding hydrogens is 272 g/mol. The second kappa shape index (κ2) is 3.70. The summed E-state index contributed by atoms with van der Waals surface area (Å²) in [6, 6.07) is 0. The fourth-order valence-electron chi connectivity index (χ4n) is 7.14. The van der Waals surface area contributed by atoms with Crippen LogP contribution in [0.1, 0.15) is 67.2 Å². The minimum absolute atomic E-state index is 0.00708. The molecule has 4 aliphatic carbocycles. The maximum atomic E-state index is 13.3. The quantitative estimate of drug-likeness (QED) is 0.725. The molecule has 4 rings (SSSR count). The minimum atomic E-state index is -0.199. The lowest BCUT2D eigenvalue weighted by atomic mass is 9.67. The minimum Gasteiger partial charge on any atom is -0.299 e. The molecule has 2 nitrogen and oxygen atoms in total. The highest BCUT2D eigenvalue weighted by Crippen LogP contribution is 2.73. The molecular formula is C20H30O2. The second-order valence-corrected chi connectivity index (χ2v) is 10.2. The molecule has 0 aliphatic heterocycles. The van der Waals surface area contributed by atoms with Crippen LogP contribution in [0.5, 0.6) is 0 Å². The summed E-state index contributed by atoms with van der Waals surface area (Å²) in [4.78, 5) is 26.6. The topological polar surface area (TPSA) is 34.1 Å². The molecule has 4 fully saturated rings. The Balaban J connectivity index is 1.80. The lowest BCUT2D eigenvalue weighted by Gasteiger charge is -2.34. The van der Waals surface area contributed by atoms with Gasteiger partial charge in [-0.3, -0.25) is 9.59 Å². The van der Waals surface area contributed by atoms with E-state index in [4.69, 9.17) is 0 Å².